The molecule has 0 rings (SSSR count). The number of esters is 2. The first-order chi connectivity index (χ1) is 22.1. The molecule has 0 bridgehead atoms. The molecule has 0 aromatic heterocycles. The van der Waals surface area contributed by atoms with E-state index in [1.165, 1.54) is 89.9 Å². The Balaban J connectivity index is 4.46. The van der Waals surface area contributed by atoms with Crippen molar-refractivity contribution in [3.05, 3.63) is 0 Å². The number of phosphoric acid groups is 1. The molecule has 0 saturated heterocycles. The quantitative estimate of drug-likeness (QED) is 0.0339. The number of carboxylic acid groups (broad SMARTS) is 1. The van der Waals surface area contributed by atoms with E-state index in [4.69, 9.17) is 24.8 Å². The van der Waals surface area contributed by atoms with Gasteiger partial charge in [-0.15, -0.1) is 0 Å². The molecule has 11 nitrogen and oxygen atoms in total. The predicted octanol–water partition coefficient (Wildman–Crippen LogP) is 8.39. The van der Waals surface area contributed by atoms with Crippen LogP contribution in [0.3, 0.4) is 0 Å². The van der Waals surface area contributed by atoms with Crippen LogP contribution in [0.1, 0.15) is 168 Å². The van der Waals surface area contributed by atoms with E-state index in [1.54, 1.807) is 0 Å². The van der Waals surface area contributed by atoms with Crippen molar-refractivity contribution >= 4 is 25.7 Å². The Morgan fingerprint density at radius 2 is 0.957 bits per heavy atom. The molecule has 0 spiro atoms. The van der Waals surface area contributed by atoms with E-state index >= 15 is 0 Å². The fourth-order valence-corrected chi connectivity index (χ4v) is 5.72. The third-order valence-corrected chi connectivity index (χ3v) is 8.81. The van der Waals surface area contributed by atoms with Crippen molar-refractivity contribution in [2.45, 2.75) is 180 Å². The summed E-state index contributed by atoms with van der Waals surface area (Å²) in [7, 11) is -4.70. The van der Waals surface area contributed by atoms with Crippen molar-refractivity contribution in [3.63, 3.8) is 0 Å². The number of nitrogens with two attached hydrogens (primary N) is 1. The minimum absolute atomic E-state index is 0.168. The summed E-state index contributed by atoms with van der Waals surface area (Å²) in [5.74, 6) is -2.37. The molecule has 4 N–H and O–H groups in total. The van der Waals surface area contributed by atoms with Crippen LogP contribution in [0.2, 0.25) is 0 Å². The highest BCUT2D eigenvalue weighted by atomic mass is 31.2. The van der Waals surface area contributed by atoms with Gasteiger partial charge in [0.1, 0.15) is 12.6 Å². The molecule has 0 fully saturated rings. The standard InChI is InChI=1S/C34H66NO10P/c1-3-5-7-9-11-13-15-17-19-21-23-25-32(36)42-27-30(28-43-46(40,41)44-29-31(35)34(38)39)45-33(37)26-24-22-20-18-16-14-12-10-8-6-4-2/h30-31H,3-29,35H2,1-2H3,(H,38,39)(H,40,41)/t30?,31-/m0/s1. The zero-order valence-electron chi connectivity index (χ0n) is 28.9. The monoisotopic (exact) mass is 679 g/mol. The number of phosphoric ester groups is 1. The normalized spacial score (nSPS) is 14.0. The Kier molecular flexibility index (Phi) is 29.8. The average molecular weight is 680 g/mol. The van der Waals surface area contributed by atoms with E-state index < -0.39 is 51.1 Å². The zero-order valence-corrected chi connectivity index (χ0v) is 29.8. The van der Waals surface area contributed by atoms with Gasteiger partial charge < -0.3 is 25.2 Å². The van der Waals surface area contributed by atoms with Crippen LogP contribution in [0.15, 0.2) is 0 Å². The lowest BCUT2D eigenvalue weighted by Crippen LogP contribution is -2.34. The van der Waals surface area contributed by atoms with Gasteiger partial charge in [0.2, 0.25) is 0 Å². The van der Waals surface area contributed by atoms with Crippen LogP contribution >= 0.6 is 7.82 Å². The SMILES string of the molecule is CCCCCCCCCCCCCC(=O)OCC(COP(=O)(O)OC[C@H](N)C(=O)O)OC(=O)CCCCCCCCCCCCC. The lowest BCUT2D eigenvalue weighted by molar-refractivity contribution is -0.161. The Morgan fingerprint density at radius 1 is 0.587 bits per heavy atom. The van der Waals surface area contributed by atoms with Gasteiger partial charge in [-0.2, -0.15) is 0 Å². The molecule has 0 aliphatic rings. The summed E-state index contributed by atoms with van der Waals surface area (Å²) >= 11 is 0. The van der Waals surface area contributed by atoms with Crippen molar-refractivity contribution in [2.75, 3.05) is 19.8 Å². The maximum Gasteiger partial charge on any atom is 0.472 e. The van der Waals surface area contributed by atoms with Crippen LogP contribution in [0.25, 0.3) is 0 Å². The summed E-state index contributed by atoms with van der Waals surface area (Å²) in [6.45, 7) is 2.77. The second-order valence-electron chi connectivity index (χ2n) is 12.4. The molecule has 0 aliphatic heterocycles. The van der Waals surface area contributed by atoms with Crippen LogP contribution in [0.4, 0.5) is 0 Å². The topological polar surface area (TPSA) is 172 Å². The van der Waals surface area contributed by atoms with Gasteiger partial charge in [0.05, 0.1) is 13.2 Å². The van der Waals surface area contributed by atoms with Gasteiger partial charge in [-0.25, -0.2) is 4.57 Å². The van der Waals surface area contributed by atoms with Crippen molar-refractivity contribution in [1.29, 1.82) is 0 Å². The smallest absolute Gasteiger partial charge is 0.472 e. The molecule has 0 aliphatic carbocycles. The maximum absolute atomic E-state index is 12.5. The molecule has 2 unspecified atom stereocenters. The predicted molar refractivity (Wildman–Crippen MR) is 180 cm³/mol. The molecule has 46 heavy (non-hydrogen) atoms. The average Bonchev–Trinajstić information content (AvgIpc) is 3.02. The zero-order chi connectivity index (χ0) is 34.3. The Hall–Kier alpha value is -1.52. The number of carbonyl (C=O) groups is 3. The van der Waals surface area contributed by atoms with E-state index in [0.29, 0.717) is 12.8 Å². The third-order valence-electron chi connectivity index (χ3n) is 7.86. The number of hydrogen-bond acceptors (Lipinski definition) is 9. The molecule has 0 saturated carbocycles. The number of aliphatic carboxylic acids is 1. The van der Waals surface area contributed by atoms with E-state index in [0.717, 1.165) is 38.5 Å². The Bertz CT molecular complexity index is 813. The van der Waals surface area contributed by atoms with Gasteiger partial charge in [-0.3, -0.25) is 23.4 Å². The number of rotatable bonds is 34. The van der Waals surface area contributed by atoms with Crippen molar-refractivity contribution in [2.24, 2.45) is 5.73 Å². The van der Waals surface area contributed by atoms with Crippen LogP contribution in [-0.4, -0.2) is 59.9 Å². The summed E-state index contributed by atoms with van der Waals surface area (Å²) < 4.78 is 32.5. The molecule has 0 radical (unpaired) electrons. The molecular weight excluding hydrogens is 613 g/mol. The summed E-state index contributed by atoms with van der Waals surface area (Å²) in [6.07, 6.45) is 24.6. The Morgan fingerprint density at radius 3 is 1.37 bits per heavy atom. The molecule has 3 atom stereocenters. The van der Waals surface area contributed by atoms with Crippen molar-refractivity contribution in [3.8, 4) is 0 Å². The highest BCUT2D eigenvalue weighted by Gasteiger charge is 2.28. The van der Waals surface area contributed by atoms with Gasteiger partial charge in [-0.05, 0) is 12.8 Å². The number of carboxylic acids is 1. The van der Waals surface area contributed by atoms with Crippen molar-refractivity contribution < 1.29 is 47.5 Å². The first-order valence-electron chi connectivity index (χ1n) is 18.1. The number of unbranched alkanes of at least 4 members (excludes halogenated alkanes) is 20. The summed E-state index contributed by atoms with van der Waals surface area (Å²) in [5.41, 5.74) is 5.30. The van der Waals surface area contributed by atoms with Crippen LogP contribution in [0.5, 0.6) is 0 Å². The molecule has 0 heterocycles. The molecule has 272 valence electrons. The minimum atomic E-state index is -4.70. The Labute approximate surface area is 278 Å². The second kappa shape index (κ2) is 30.8. The molecule has 0 aromatic rings. The van der Waals surface area contributed by atoms with E-state index in [1.807, 2.05) is 0 Å². The maximum atomic E-state index is 12.5. The van der Waals surface area contributed by atoms with Crippen LogP contribution < -0.4 is 5.73 Å². The van der Waals surface area contributed by atoms with Gasteiger partial charge in [0.25, 0.3) is 0 Å². The summed E-state index contributed by atoms with van der Waals surface area (Å²) in [5, 5.41) is 8.83. The first kappa shape index (κ1) is 44.5. The van der Waals surface area contributed by atoms with E-state index in [-0.39, 0.29) is 19.4 Å². The number of ether oxygens (including phenoxy) is 2. The van der Waals surface area contributed by atoms with Gasteiger partial charge in [-0.1, -0.05) is 142 Å². The fraction of sp³-hybridized carbons (Fsp3) is 0.912. The molecule has 12 heteroatoms. The fourth-order valence-electron chi connectivity index (χ4n) is 4.95. The largest absolute Gasteiger partial charge is 0.480 e. The number of hydrogen-bond donors (Lipinski definition) is 3. The molecule has 0 amide bonds. The highest BCUT2D eigenvalue weighted by Crippen LogP contribution is 2.43. The summed E-state index contributed by atoms with van der Waals surface area (Å²) in [6, 6.07) is -1.51. The minimum Gasteiger partial charge on any atom is -0.480 e. The lowest BCUT2D eigenvalue weighted by atomic mass is 10.1. The lowest BCUT2D eigenvalue weighted by Gasteiger charge is -2.20. The van der Waals surface area contributed by atoms with Gasteiger partial charge in [0, 0.05) is 12.8 Å². The second-order valence-corrected chi connectivity index (χ2v) is 13.8. The molecule has 0 aromatic carbocycles. The number of carbonyl (C=O) groups excluding carboxylic acids is 2. The third kappa shape index (κ3) is 29.9. The summed E-state index contributed by atoms with van der Waals surface area (Å²) in [4.78, 5) is 45.6. The first-order valence-corrected chi connectivity index (χ1v) is 19.6. The van der Waals surface area contributed by atoms with Crippen LogP contribution in [-0.2, 0) is 37.5 Å². The van der Waals surface area contributed by atoms with E-state index in [2.05, 4.69) is 18.4 Å². The molecular formula is C34H66NO10P. The van der Waals surface area contributed by atoms with Gasteiger partial charge in [0.15, 0.2) is 6.10 Å². The van der Waals surface area contributed by atoms with E-state index in [9.17, 15) is 23.8 Å². The van der Waals surface area contributed by atoms with Crippen molar-refractivity contribution in [1.82, 2.24) is 0 Å². The highest BCUT2D eigenvalue weighted by molar-refractivity contribution is 7.47. The van der Waals surface area contributed by atoms with Gasteiger partial charge >= 0.3 is 25.7 Å². The van der Waals surface area contributed by atoms with Crippen LogP contribution in [0, 0.1) is 0 Å².